The third-order valence-electron chi connectivity index (χ3n) is 3.04. The van der Waals surface area contributed by atoms with E-state index >= 15 is 0 Å². The first-order valence-electron chi connectivity index (χ1n) is 6.03. The molecule has 0 saturated heterocycles. The van der Waals surface area contributed by atoms with Crippen molar-refractivity contribution >= 4 is 38.2 Å². The molecule has 1 atom stereocenters. The van der Waals surface area contributed by atoms with Crippen molar-refractivity contribution in [3.8, 4) is 0 Å². The third-order valence-corrected chi connectivity index (χ3v) is 4.76. The zero-order chi connectivity index (χ0) is 13.4. The van der Waals surface area contributed by atoms with Crippen LogP contribution < -0.4 is 0 Å². The summed E-state index contributed by atoms with van der Waals surface area (Å²) in [5, 5.41) is 13.3. The summed E-state index contributed by atoms with van der Waals surface area (Å²) in [6.07, 6.45) is -0.0204. The molecular formula is C15H13BrO2S. The predicted octanol–water partition coefficient (Wildman–Crippen LogP) is 4.84. The number of benzene rings is 1. The molecule has 0 aliphatic carbocycles. The van der Waals surface area contributed by atoms with Gasteiger partial charge in [-0.1, -0.05) is 11.6 Å². The number of aryl methyl sites for hydroxylation is 1. The van der Waals surface area contributed by atoms with E-state index in [4.69, 9.17) is 4.42 Å². The van der Waals surface area contributed by atoms with Crippen molar-refractivity contribution in [1.82, 2.24) is 0 Å². The van der Waals surface area contributed by atoms with E-state index in [0.29, 0.717) is 12.2 Å². The number of aliphatic hydroxyl groups is 1. The summed E-state index contributed by atoms with van der Waals surface area (Å²) in [6.45, 7) is 2.05. The fourth-order valence-corrected chi connectivity index (χ4v) is 3.59. The van der Waals surface area contributed by atoms with Gasteiger partial charge in [-0.3, -0.25) is 0 Å². The van der Waals surface area contributed by atoms with E-state index in [9.17, 15) is 5.11 Å². The number of hydrogen-bond acceptors (Lipinski definition) is 3. The van der Waals surface area contributed by atoms with Crippen LogP contribution in [-0.4, -0.2) is 5.11 Å². The molecule has 98 valence electrons. The molecule has 4 heteroatoms. The standard InChI is InChI=1S/C15H13BrO2S/c1-9-2-3-14-10(4-9)5-15(18-14)13(17)7-12-6-11(16)8-19-12/h2-6,8,13,17H,7H2,1H3. The average molecular weight is 337 g/mol. The minimum atomic E-state index is -0.599. The molecule has 19 heavy (non-hydrogen) atoms. The van der Waals surface area contributed by atoms with Gasteiger partial charge in [0.1, 0.15) is 17.4 Å². The highest BCUT2D eigenvalue weighted by Gasteiger charge is 2.15. The van der Waals surface area contributed by atoms with Crippen LogP contribution in [0.2, 0.25) is 0 Å². The number of thiophene rings is 1. The van der Waals surface area contributed by atoms with Gasteiger partial charge in [0.15, 0.2) is 0 Å². The van der Waals surface area contributed by atoms with Crippen LogP contribution in [0.3, 0.4) is 0 Å². The monoisotopic (exact) mass is 336 g/mol. The molecule has 0 saturated carbocycles. The summed E-state index contributed by atoms with van der Waals surface area (Å²) in [4.78, 5) is 1.14. The Hall–Kier alpha value is -1.10. The van der Waals surface area contributed by atoms with Crippen LogP contribution in [0.4, 0.5) is 0 Å². The molecule has 0 spiro atoms. The quantitative estimate of drug-likeness (QED) is 0.742. The zero-order valence-electron chi connectivity index (χ0n) is 10.4. The van der Waals surface area contributed by atoms with Gasteiger partial charge in [-0.05, 0) is 47.1 Å². The molecular weight excluding hydrogens is 324 g/mol. The third kappa shape index (κ3) is 2.76. The SMILES string of the molecule is Cc1ccc2oc(C(O)Cc3cc(Br)cs3)cc2c1. The maximum Gasteiger partial charge on any atom is 0.134 e. The van der Waals surface area contributed by atoms with E-state index in [1.54, 1.807) is 11.3 Å². The summed E-state index contributed by atoms with van der Waals surface area (Å²) in [5.41, 5.74) is 2.02. The summed E-state index contributed by atoms with van der Waals surface area (Å²) >= 11 is 5.05. The minimum Gasteiger partial charge on any atom is -0.458 e. The first kappa shape index (κ1) is 12.9. The smallest absolute Gasteiger partial charge is 0.134 e. The van der Waals surface area contributed by atoms with Gasteiger partial charge in [0.2, 0.25) is 0 Å². The Morgan fingerprint density at radius 1 is 1.32 bits per heavy atom. The molecule has 0 amide bonds. The number of halogens is 1. The van der Waals surface area contributed by atoms with Crippen LogP contribution >= 0.6 is 27.3 Å². The average Bonchev–Trinajstić information content (AvgIpc) is 2.95. The number of rotatable bonds is 3. The Bertz CT molecular complexity index is 714. The van der Waals surface area contributed by atoms with Gasteiger partial charge in [-0.2, -0.15) is 0 Å². The maximum absolute atomic E-state index is 10.3. The molecule has 1 N–H and O–H groups in total. The van der Waals surface area contributed by atoms with Crippen LogP contribution in [0.5, 0.6) is 0 Å². The summed E-state index contributed by atoms with van der Waals surface area (Å²) in [5.74, 6) is 0.630. The predicted molar refractivity (Wildman–Crippen MR) is 81.6 cm³/mol. The van der Waals surface area contributed by atoms with Gasteiger partial charge in [0, 0.05) is 26.5 Å². The Kier molecular flexibility index (Phi) is 3.48. The first-order chi connectivity index (χ1) is 9.11. The van der Waals surface area contributed by atoms with E-state index in [1.165, 1.54) is 5.56 Å². The highest BCUT2D eigenvalue weighted by atomic mass is 79.9. The van der Waals surface area contributed by atoms with Gasteiger partial charge in [-0.15, -0.1) is 11.3 Å². The lowest BCUT2D eigenvalue weighted by Crippen LogP contribution is -1.98. The molecule has 0 bridgehead atoms. The van der Waals surface area contributed by atoms with Crippen LogP contribution in [-0.2, 0) is 6.42 Å². The molecule has 1 unspecified atom stereocenters. The summed E-state index contributed by atoms with van der Waals surface area (Å²) < 4.78 is 6.76. The molecule has 3 rings (SSSR count). The Morgan fingerprint density at radius 2 is 2.16 bits per heavy atom. The summed E-state index contributed by atoms with van der Waals surface area (Å²) in [6, 6.07) is 9.98. The zero-order valence-corrected chi connectivity index (χ0v) is 12.8. The van der Waals surface area contributed by atoms with Crippen molar-refractivity contribution in [2.24, 2.45) is 0 Å². The van der Waals surface area contributed by atoms with E-state index in [0.717, 1.165) is 20.3 Å². The lowest BCUT2D eigenvalue weighted by Gasteiger charge is -2.04. The molecule has 3 aromatic rings. The van der Waals surface area contributed by atoms with Crippen molar-refractivity contribution in [2.45, 2.75) is 19.4 Å². The summed E-state index contributed by atoms with van der Waals surface area (Å²) in [7, 11) is 0. The van der Waals surface area contributed by atoms with Gasteiger partial charge < -0.3 is 9.52 Å². The van der Waals surface area contributed by atoms with Crippen molar-refractivity contribution in [3.05, 3.63) is 56.4 Å². The fraction of sp³-hybridized carbons (Fsp3) is 0.200. The second-order valence-electron chi connectivity index (χ2n) is 4.64. The molecule has 2 aromatic heterocycles. The lowest BCUT2D eigenvalue weighted by molar-refractivity contribution is 0.153. The topological polar surface area (TPSA) is 33.4 Å². The van der Waals surface area contributed by atoms with Gasteiger partial charge in [-0.25, -0.2) is 0 Å². The number of hydrogen-bond donors (Lipinski definition) is 1. The van der Waals surface area contributed by atoms with E-state index < -0.39 is 6.10 Å². The minimum absolute atomic E-state index is 0.578. The van der Waals surface area contributed by atoms with Gasteiger partial charge >= 0.3 is 0 Å². The Morgan fingerprint density at radius 3 is 2.89 bits per heavy atom. The number of furan rings is 1. The lowest BCUT2D eigenvalue weighted by atomic mass is 10.1. The second-order valence-corrected chi connectivity index (χ2v) is 6.55. The van der Waals surface area contributed by atoms with Crippen molar-refractivity contribution in [1.29, 1.82) is 0 Å². The molecule has 0 aliphatic rings. The highest BCUT2D eigenvalue weighted by Crippen LogP contribution is 2.29. The molecule has 0 radical (unpaired) electrons. The van der Waals surface area contributed by atoms with Crippen LogP contribution in [0, 0.1) is 6.92 Å². The normalized spacial score (nSPS) is 13.0. The fourth-order valence-electron chi connectivity index (χ4n) is 2.10. The highest BCUT2D eigenvalue weighted by molar-refractivity contribution is 9.10. The van der Waals surface area contributed by atoms with Crippen LogP contribution in [0.25, 0.3) is 11.0 Å². The second kappa shape index (κ2) is 5.12. The number of aliphatic hydroxyl groups excluding tert-OH is 1. The van der Waals surface area contributed by atoms with E-state index in [-0.39, 0.29) is 0 Å². The molecule has 2 nitrogen and oxygen atoms in total. The van der Waals surface area contributed by atoms with E-state index in [1.807, 2.05) is 36.6 Å². The molecule has 0 fully saturated rings. The van der Waals surface area contributed by atoms with E-state index in [2.05, 4.69) is 22.0 Å². The first-order valence-corrected chi connectivity index (χ1v) is 7.70. The Labute approximate surface area is 123 Å². The van der Waals surface area contributed by atoms with Crippen molar-refractivity contribution in [3.63, 3.8) is 0 Å². The molecule has 1 aromatic carbocycles. The largest absolute Gasteiger partial charge is 0.458 e. The molecule has 0 aliphatic heterocycles. The molecule has 2 heterocycles. The van der Waals surface area contributed by atoms with Gasteiger partial charge in [0.05, 0.1) is 0 Å². The van der Waals surface area contributed by atoms with Crippen LogP contribution in [0.15, 0.2) is 44.6 Å². The Balaban J connectivity index is 1.86. The van der Waals surface area contributed by atoms with Crippen molar-refractivity contribution in [2.75, 3.05) is 0 Å². The maximum atomic E-state index is 10.3. The number of fused-ring (bicyclic) bond motifs is 1. The van der Waals surface area contributed by atoms with Crippen molar-refractivity contribution < 1.29 is 9.52 Å². The van der Waals surface area contributed by atoms with Crippen LogP contribution in [0.1, 0.15) is 22.3 Å². The van der Waals surface area contributed by atoms with Gasteiger partial charge in [0.25, 0.3) is 0 Å².